The number of benzene rings is 1. The maximum Gasteiger partial charge on any atom is 0.350 e. The van der Waals surface area contributed by atoms with Gasteiger partial charge in [0.1, 0.15) is 6.26 Å². The number of halogens is 1. The molecule has 9 heteroatoms. The van der Waals surface area contributed by atoms with Crippen LogP contribution in [-0.4, -0.2) is 34.4 Å². The van der Waals surface area contributed by atoms with E-state index in [-0.39, 0.29) is 15.9 Å². The molecule has 1 aromatic carbocycles. The van der Waals surface area contributed by atoms with Crippen LogP contribution in [0.3, 0.4) is 0 Å². The van der Waals surface area contributed by atoms with Crippen LogP contribution in [0.2, 0.25) is 0 Å². The second-order valence-corrected chi connectivity index (χ2v) is 6.79. The molecule has 0 amide bonds. The number of esters is 1. The second kappa shape index (κ2) is 5.82. The van der Waals surface area contributed by atoms with E-state index in [1.165, 1.54) is 25.5 Å². The Morgan fingerprint density at radius 1 is 1.48 bits per heavy atom. The topological polar surface area (TPSA) is 102 Å². The van der Waals surface area contributed by atoms with Crippen molar-refractivity contribution in [1.29, 1.82) is 0 Å². The Bertz CT molecular complexity index is 602. The van der Waals surface area contributed by atoms with E-state index in [2.05, 4.69) is 20.7 Å². The van der Waals surface area contributed by atoms with Gasteiger partial charge >= 0.3 is 11.7 Å². The number of nitro benzene ring substituents is 1. The van der Waals surface area contributed by atoms with Crippen LogP contribution in [0.5, 0.6) is 5.75 Å². The summed E-state index contributed by atoms with van der Waals surface area (Å²) >= 11 is 1.80. The Hall–Kier alpha value is -1.32. The minimum atomic E-state index is -1.37. The number of hydrogen-bond acceptors (Lipinski definition) is 6. The molecular formula is C12H12BrNO6S. The van der Waals surface area contributed by atoms with Gasteiger partial charge in [0.05, 0.1) is 22.6 Å². The van der Waals surface area contributed by atoms with E-state index in [1.54, 1.807) is 0 Å². The van der Waals surface area contributed by atoms with Crippen molar-refractivity contribution in [2.45, 2.75) is 23.3 Å². The number of nitro groups is 1. The van der Waals surface area contributed by atoms with Crippen molar-refractivity contribution in [3.05, 3.63) is 26.7 Å². The highest BCUT2D eigenvalue weighted by Gasteiger charge is 2.55. The fourth-order valence-corrected chi connectivity index (χ4v) is 3.04. The number of rotatable bonds is 5. The summed E-state index contributed by atoms with van der Waals surface area (Å²) in [5.41, 5.74) is -1.50. The van der Waals surface area contributed by atoms with Crippen molar-refractivity contribution in [3.8, 4) is 5.75 Å². The van der Waals surface area contributed by atoms with Gasteiger partial charge in [-0.2, -0.15) is 0 Å². The summed E-state index contributed by atoms with van der Waals surface area (Å²) in [5.74, 6) is -0.621. The van der Waals surface area contributed by atoms with Crippen molar-refractivity contribution in [1.82, 2.24) is 0 Å². The zero-order valence-electron chi connectivity index (χ0n) is 11.3. The second-order valence-electron chi connectivity index (χ2n) is 4.55. The maximum atomic E-state index is 11.7. The van der Waals surface area contributed by atoms with E-state index >= 15 is 0 Å². The maximum absolute atomic E-state index is 11.7. The zero-order chi connectivity index (χ0) is 15.8. The molecule has 0 aromatic heterocycles. The van der Waals surface area contributed by atoms with Gasteiger partial charge in [-0.15, -0.1) is 0 Å². The Balaban J connectivity index is 2.44. The van der Waals surface area contributed by atoms with Crippen molar-refractivity contribution in [2.75, 3.05) is 13.4 Å². The lowest BCUT2D eigenvalue weighted by Crippen LogP contribution is -2.31. The smallest absolute Gasteiger partial charge is 0.350 e. The quantitative estimate of drug-likeness (QED) is 0.337. The highest BCUT2D eigenvalue weighted by Crippen LogP contribution is 2.47. The van der Waals surface area contributed by atoms with Crippen LogP contribution < -0.4 is 4.74 Å². The van der Waals surface area contributed by atoms with E-state index in [4.69, 9.17) is 4.74 Å². The monoisotopic (exact) mass is 377 g/mol. The van der Waals surface area contributed by atoms with Crippen molar-refractivity contribution in [2.24, 2.45) is 0 Å². The largest absolute Gasteiger partial charge is 0.612 e. The molecule has 1 saturated carbocycles. The van der Waals surface area contributed by atoms with Gasteiger partial charge in [0.15, 0.2) is 4.90 Å². The number of carbonyl (C=O) groups is 1. The predicted molar refractivity (Wildman–Crippen MR) is 77.7 cm³/mol. The molecule has 0 aliphatic heterocycles. The fraction of sp³-hybridized carbons (Fsp3) is 0.417. The number of ether oxygens (including phenoxy) is 2. The van der Waals surface area contributed by atoms with Gasteiger partial charge in [0.2, 0.25) is 11.4 Å². The van der Waals surface area contributed by atoms with Gasteiger partial charge in [0.25, 0.3) is 0 Å². The minimum Gasteiger partial charge on any atom is -0.612 e. The lowest BCUT2D eigenvalue weighted by Gasteiger charge is -2.17. The molecule has 114 valence electrons. The van der Waals surface area contributed by atoms with Crippen LogP contribution in [0.25, 0.3) is 0 Å². The first-order valence-electron chi connectivity index (χ1n) is 5.89. The molecule has 1 fully saturated rings. The lowest BCUT2D eigenvalue weighted by atomic mass is 10.2. The van der Waals surface area contributed by atoms with E-state index < -0.39 is 27.7 Å². The van der Waals surface area contributed by atoms with Crippen LogP contribution >= 0.6 is 15.9 Å². The summed E-state index contributed by atoms with van der Waals surface area (Å²) in [7, 11) is 1.23. The van der Waals surface area contributed by atoms with E-state index in [0.29, 0.717) is 17.7 Å². The van der Waals surface area contributed by atoms with E-state index in [0.717, 1.165) is 0 Å². The van der Waals surface area contributed by atoms with Crippen LogP contribution in [0.1, 0.15) is 12.8 Å². The summed E-state index contributed by atoms with van der Waals surface area (Å²) in [6.45, 7) is 0. The first-order valence-corrected chi connectivity index (χ1v) is 8.24. The van der Waals surface area contributed by atoms with Gasteiger partial charge in [0, 0.05) is 18.9 Å². The van der Waals surface area contributed by atoms with Crippen LogP contribution in [0, 0.1) is 10.1 Å². The predicted octanol–water partition coefficient (Wildman–Crippen LogP) is 2.18. The van der Waals surface area contributed by atoms with Crippen LogP contribution in [-0.2, 0) is 20.7 Å². The Labute approximate surface area is 132 Å². The molecule has 1 aromatic rings. The third-order valence-corrected chi connectivity index (χ3v) is 4.57. The molecule has 21 heavy (non-hydrogen) atoms. The summed E-state index contributed by atoms with van der Waals surface area (Å²) in [6.07, 6.45) is 2.29. The summed E-state index contributed by atoms with van der Waals surface area (Å²) in [5, 5.41) is 11.2. The van der Waals surface area contributed by atoms with Gasteiger partial charge in [-0.1, -0.05) is 0 Å². The molecule has 1 atom stereocenters. The van der Waals surface area contributed by atoms with E-state index in [1.807, 2.05) is 0 Å². The summed E-state index contributed by atoms with van der Waals surface area (Å²) < 4.78 is 22.0. The molecule has 1 unspecified atom stereocenters. The summed E-state index contributed by atoms with van der Waals surface area (Å²) in [6, 6.07) is 2.66. The molecule has 0 radical (unpaired) electrons. The number of nitrogens with zero attached hydrogens (tertiary/aromatic N) is 1. The van der Waals surface area contributed by atoms with Crippen molar-refractivity contribution in [3.63, 3.8) is 0 Å². The SMILES string of the molecule is COC(=O)C1(Oc2c(Br)cc([S+](C)[O-])cc2[N+](=O)[O-])CC1. The summed E-state index contributed by atoms with van der Waals surface area (Å²) in [4.78, 5) is 22.5. The third kappa shape index (κ3) is 3.14. The lowest BCUT2D eigenvalue weighted by molar-refractivity contribution is -0.386. The van der Waals surface area contributed by atoms with Crippen molar-refractivity contribution >= 4 is 38.8 Å². The third-order valence-electron chi connectivity index (χ3n) is 3.09. The molecule has 7 nitrogen and oxygen atoms in total. The Morgan fingerprint density at radius 3 is 2.52 bits per heavy atom. The highest BCUT2D eigenvalue weighted by molar-refractivity contribution is 9.10. The molecule has 0 bridgehead atoms. The van der Waals surface area contributed by atoms with E-state index in [9.17, 15) is 19.5 Å². The molecule has 0 N–H and O–H groups in total. The molecule has 0 spiro atoms. The Morgan fingerprint density at radius 2 is 2.10 bits per heavy atom. The number of methoxy groups -OCH3 is 1. The molecule has 1 aliphatic carbocycles. The fourth-order valence-electron chi connectivity index (χ4n) is 1.80. The van der Waals surface area contributed by atoms with Crippen LogP contribution in [0.15, 0.2) is 21.5 Å². The van der Waals surface area contributed by atoms with Gasteiger partial charge < -0.3 is 14.0 Å². The zero-order valence-corrected chi connectivity index (χ0v) is 13.7. The number of carbonyl (C=O) groups excluding carboxylic acids is 1. The molecule has 0 heterocycles. The Kier molecular flexibility index (Phi) is 4.45. The molecule has 2 rings (SSSR count). The van der Waals surface area contributed by atoms with Gasteiger partial charge in [-0.3, -0.25) is 10.1 Å². The first-order chi connectivity index (χ1) is 9.80. The first kappa shape index (κ1) is 16.1. The molecular weight excluding hydrogens is 366 g/mol. The molecule has 1 aliphatic rings. The normalized spacial score (nSPS) is 17.0. The van der Waals surface area contributed by atoms with Gasteiger partial charge in [-0.05, 0) is 27.1 Å². The standard InChI is InChI=1S/C12H12BrNO6S/c1-19-11(15)12(3-4-12)20-10-8(13)5-7(21(2)18)6-9(10)14(16)17/h5-6H,3-4H2,1-2H3. The number of hydrogen-bond donors (Lipinski definition) is 0. The van der Waals surface area contributed by atoms with Gasteiger partial charge in [-0.25, -0.2) is 4.79 Å². The average Bonchev–Trinajstić information content (AvgIpc) is 3.20. The minimum absolute atomic E-state index is 0.0582. The van der Waals surface area contributed by atoms with Crippen molar-refractivity contribution < 1.29 is 23.7 Å². The van der Waals surface area contributed by atoms with Crippen LogP contribution in [0.4, 0.5) is 5.69 Å². The highest BCUT2D eigenvalue weighted by atomic mass is 79.9. The average molecular weight is 378 g/mol. The molecule has 0 saturated heterocycles.